The summed E-state index contributed by atoms with van der Waals surface area (Å²) in [5.41, 5.74) is 5.51. The van der Waals surface area contributed by atoms with E-state index in [-0.39, 0.29) is 11.1 Å². The van der Waals surface area contributed by atoms with Crippen LogP contribution in [0, 0.1) is 0 Å². The molecule has 2 rings (SSSR count). The summed E-state index contributed by atoms with van der Waals surface area (Å²) in [5, 5.41) is 12.2. The predicted molar refractivity (Wildman–Crippen MR) is 52.1 cm³/mol. The molecule has 0 spiro atoms. The third-order valence-electron chi connectivity index (χ3n) is 2.01. The van der Waals surface area contributed by atoms with Crippen LogP contribution in [0.15, 0.2) is 39.9 Å². The van der Waals surface area contributed by atoms with Gasteiger partial charge in [-0.3, -0.25) is 4.79 Å². The third-order valence-corrected chi connectivity index (χ3v) is 2.01. The van der Waals surface area contributed by atoms with E-state index >= 15 is 0 Å². The second-order valence-corrected chi connectivity index (χ2v) is 2.97. The van der Waals surface area contributed by atoms with Gasteiger partial charge in [0.15, 0.2) is 0 Å². The molecule has 1 amide bonds. The first kappa shape index (κ1) is 9.26. The molecule has 1 aromatic carbocycles. The second kappa shape index (κ2) is 3.45. The quantitative estimate of drug-likeness (QED) is 0.532. The fourth-order valence-corrected chi connectivity index (χ4v) is 1.32. The first-order chi connectivity index (χ1) is 7.22. The zero-order valence-electron chi connectivity index (χ0n) is 7.68. The molecule has 2 aromatic rings. The lowest BCUT2D eigenvalue weighted by molar-refractivity contribution is 0.0994. The highest BCUT2D eigenvalue weighted by Crippen LogP contribution is 2.12. The van der Waals surface area contributed by atoms with Gasteiger partial charge < -0.3 is 15.4 Å². The van der Waals surface area contributed by atoms with Gasteiger partial charge in [-0.05, 0) is 17.3 Å². The van der Waals surface area contributed by atoms with Gasteiger partial charge in [0.1, 0.15) is 11.1 Å². The molecular weight excluding hydrogens is 196 g/mol. The molecular formula is C10H8N2O3. The first-order valence-electron chi connectivity index (χ1n) is 4.23. The number of hydrogen-bond donors (Lipinski definition) is 2. The van der Waals surface area contributed by atoms with Crippen LogP contribution in [0.1, 0.15) is 10.4 Å². The van der Waals surface area contributed by atoms with Gasteiger partial charge in [-0.1, -0.05) is 18.2 Å². The van der Waals surface area contributed by atoms with Crippen LogP contribution in [0.4, 0.5) is 0 Å². The maximum atomic E-state index is 11.0. The van der Waals surface area contributed by atoms with E-state index in [1.165, 1.54) is 6.07 Å². The molecule has 0 aliphatic carbocycles. The molecule has 0 aliphatic rings. The van der Waals surface area contributed by atoms with E-state index < -0.39 is 5.91 Å². The molecule has 76 valence electrons. The number of rotatable bonds is 1. The van der Waals surface area contributed by atoms with E-state index in [4.69, 9.17) is 15.4 Å². The summed E-state index contributed by atoms with van der Waals surface area (Å²) in [6.45, 7) is 0. The van der Waals surface area contributed by atoms with E-state index in [2.05, 4.69) is 5.16 Å². The molecule has 0 atom stereocenters. The number of carbonyl (C=O) groups excluding carboxylic acids is 1. The van der Waals surface area contributed by atoms with Crippen molar-refractivity contribution in [3.05, 3.63) is 41.4 Å². The Hall–Kier alpha value is -2.30. The van der Waals surface area contributed by atoms with Crippen LogP contribution in [0.5, 0.6) is 0 Å². The smallest absolute Gasteiger partial charge is 0.268 e. The minimum atomic E-state index is -0.697. The highest BCUT2D eigenvalue weighted by molar-refractivity contribution is 5.95. The summed E-state index contributed by atoms with van der Waals surface area (Å²) in [6.07, 6.45) is 0. The summed E-state index contributed by atoms with van der Waals surface area (Å²) >= 11 is 0. The van der Waals surface area contributed by atoms with Gasteiger partial charge in [-0.15, -0.1) is 0 Å². The Morgan fingerprint density at radius 3 is 2.80 bits per heavy atom. The molecule has 0 fully saturated rings. The van der Waals surface area contributed by atoms with Crippen molar-refractivity contribution in [1.82, 2.24) is 0 Å². The summed E-state index contributed by atoms with van der Waals surface area (Å²) in [6, 6.07) is 8.58. The summed E-state index contributed by atoms with van der Waals surface area (Å²) in [4.78, 5) is 11.0. The van der Waals surface area contributed by atoms with E-state index in [9.17, 15) is 4.79 Å². The number of fused-ring (bicyclic) bond motifs is 1. The Morgan fingerprint density at radius 2 is 2.13 bits per heavy atom. The first-order valence-corrected chi connectivity index (χ1v) is 4.23. The van der Waals surface area contributed by atoms with Crippen LogP contribution < -0.4 is 11.3 Å². The van der Waals surface area contributed by atoms with Crippen molar-refractivity contribution < 1.29 is 14.4 Å². The minimum Gasteiger partial charge on any atom is -0.435 e. The molecule has 0 saturated carbocycles. The summed E-state index contributed by atoms with van der Waals surface area (Å²) < 4.78 is 5.19. The topological polar surface area (TPSA) is 88.8 Å². The molecule has 3 N–H and O–H groups in total. The zero-order valence-corrected chi connectivity index (χ0v) is 7.68. The van der Waals surface area contributed by atoms with Crippen molar-refractivity contribution in [1.29, 1.82) is 0 Å². The SMILES string of the molecule is NC(=O)c1cc2ccccc2o/c1=N\O. The van der Waals surface area contributed by atoms with Gasteiger partial charge in [0.25, 0.3) is 11.5 Å². The lowest BCUT2D eigenvalue weighted by atomic mass is 10.2. The van der Waals surface area contributed by atoms with Crippen LogP contribution in [0.3, 0.4) is 0 Å². The summed E-state index contributed by atoms with van der Waals surface area (Å²) in [5.74, 6) is -0.697. The Bertz CT molecular complexity index is 586. The highest BCUT2D eigenvalue weighted by atomic mass is 16.5. The molecule has 0 bridgehead atoms. The molecule has 1 heterocycles. The number of nitrogens with zero attached hydrogens (tertiary/aromatic N) is 1. The maximum absolute atomic E-state index is 11.0. The average molecular weight is 204 g/mol. The molecule has 5 heteroatoms. The maximum Gasteiger partial charge on any atom is 0.268 e. The van der Waals surface area contributed by atoms with Gasteiger partial charge in [-0.2, -0.15) is 0 Å². The Labute approximate surface area is 84.4 Å². The van der Waals surface area contributed by atoms with Gasteiger partial charge in [0.2, 0.25) is 0 Å². The van der Waals surface area contributed by atoms with Crippen molar-refractivity contribution in [2.24, 2.45) is 10.9 Å². The molecule has 5 nitrogen and oxygen atoms in total. The number of para-hydroxylation sites is 1. The van der Waals surface area contributed by atoms with Crippen LogP contribution in [0.25, 0.3) is 11.0 Å². The Balaban J connectivity index is 2.87. The Morgan fingerprint density at radius 1 is 1.40 bits per heavy atom. The molecule has 1 aromatic heterocycles. The molecule has 0 radical (unpaired) electrons. The van der Waals surface area contributed by atoms with Gasteiger partial charge in [0.05, 0.1) is 0 Å². The number of nitrogens with two attached hydrogens (primary N) is 1. The number of primary amides is 1. The predicted octanol–water partition coefficient (Wildman–Crippen LogP) is 0.822. The van der Waals surface area contributed by atoms with E-state index in [0.29, 0.717) is 5.58 Å². The number of benzene rings is 1. The van der Waals surface area contributed by atoms with Crippen LogP contribution in [-0.4, -0.2) is 11.1 Å². The molecule has 0 aliphatic heterocycles. The van der Waals surface area contributed by atoms with Crippen molar-refractivity contribution in [2.45, 2.75) is 0 Å². The Kier molecular flexibility index (Phi) is 2.13. The van der Waals surface area contributed by atoms with Crippen molar-refractivity contribution in [3.8, 4) is 0 Å². The lowest BCUT2D eigenvalue weighted by Gasteiger charge is -1.99. The standard InChI is InChI=1S/C10H8N2O3/c11-9(13)7-5-6-3-1-2-4-8(6)15-10(7)12-14/h1-5,14H,(H2,11,13)/b12-10-. The van der Waals surface area contributed by atoms with Crippen molar-refractivity contribution in [3.63, 3.8) is 0 Å². The third kappa shape index (κ3) is 1.54. The van der Waals surface area contributed by atoms with Crippen LogP contribution in [-0.2, 0) is 0 Å². The second-order valence-electron chi connectivity index (χ2n) is 2.97. The number of hydrogen-bond acceptors (Lipinski definition) is 4. The van der Waals surface area contributed by atoms with Crippen LogP contribution >= 0.6 is 0 Å². The van der Waals surface area contributed by atoms with Gasteiger partial charge in [-0.25, -0.2) is 0 Å². The largest absolute Gasteiger partial charge is 0.435 e. The summed E-state index contributed by atoms with van der Waals surface area (Å²) in [7, 11) is 0. The minimum absolute atomic E-state index is 0.0520. The lowest BCUT2D eigenvalue weighted by Crippen LogP contribution is -2.21. The van der Waals surface area contributed by atoms with Crippen molar-refractivity contribution in [2.75, 3.05) is 0 Å². The van der Waals surface area contributed by atoms with Crippen molar-refractivity contribution >= 4 is 16.9 Å². The van der Waals surface area contributed by atoms with E-state index in [0.717, 1.165) is 5.39 Å². The monoisotopic (exact) mass is 204 g/mol. The average Bonchev–Trinajstić information content (AvgIpc) is 2.27. The normalized spacial score (nSPS) is 11.9. The fourth-order valence-electron chi connectivity index (χ4n) is 1.32. The van der Waals surface area contributed by atoms with Gasteiger partial charge >= 0.3 is 0 Å². The number of carbonyl (C=O) groups is 1. The number of amides is 1. The molecule has 0 unspecified atom stereocenters. The van der Waals surface area contributed by atoms with Crippen LogP contribution in [0.2, 0.25) is 0 Å². The fraction of sp³-hybridized carbons (Fsp3) is 0. The van der Waals surface area contributed by atoms with E-state index in [1.807, 2.05) is 0 Å². The molecule has 15 heavy (non-hydrogen) atoms. The highest BCUT2D eigenvalue weighted by Gasteiger charge is 2.08. The van der Waals surface area contributed by atoms with E-state index in [1.54, 1.807) is 24.3 Å². The van der Waals surface area contributed by atoms with Gasteiger partial charge in [0, 0.05) is 5.39 Å². The molecule has 0 saturated heterocycles. The zero-order chi connectivity index (χ0) is 10.8.